The molecule has 1 N–H and O–H groups in total. The Morgan fingerprint density at radius 1 is 1.16 bits per heavy atom. The van der Waals surface area contributed by atoms with Crippen LogP contribution in [0.5, 0.6) is 0 Å². The smallest absolute Gasteiger partial charge is 0.254 e. The Bertz CT molecular complexity index is 1570. The number of aryl methyl sites for hydroxylation is 1. The number of carbonyl (C=O) groups is 1. The molecule has 4 atom stereocenters. The van der Waals surface area contributed by atoms with Gasteiger partial charge in [-0.25, -0.2) is 14.4 Å². The number of likely N-dealkylation sites (tertiary alicyclic amines) is 1. The number of pyridine rings is 1. The number of piperidine rings is 1. The van der Waals surface area contributed by atoms with Gasteiger partial charge in [0.25, 0.3) is 5.91 Å². The maximum Gasteiger partial charge on any atom is 0.254 e. The van der Waals surface area contributed by atoms with Crippen LogP contribution in [0, 0.1) is 23.6 Å². The molecule has 3 aromatic heterocycles. The summed E-state index contributed by atoms with van der Waals surface area (Å²) in [5, 5.41) is 11.1. The van der Waals surface area contributed by atoms with Crippen LogP contribution in [0.2, 0.25) is 0 Å². The standard InChI is InChI=1S/C29H32FN5O2/c1-15-19-7-9-24(15)35(14-19)29(37)20-10-21(30)26-23(11-20)32-28(33(26)3)25-12-18-6-8-22(16(2)36)31-27(18)34(25)13-17-4-5-17/h6,8,10-12,15-17,19,24,36H,4-5,7,9,13-14H2,1-3H3/t15-,16?,19?,24?/m1/s1. The highest BCUT2D eigenvalue weighted by molar-refractivity contribution is 5.98. The molecule has 7 nitrogen and oxygen atoms in total. The van der Waals surface area contributed by atoms with E-state index in [-0.39, 0.29) is 11.9 Å². The number of aliphatic hydroxyl groups is 1. The van der Waals surface area contributed by atoms with Crippen LogP contribution in [0.25, 0.3) is 33.6 Å². The maximum absolute atomic E-state index is 15.5. The van der Waals surface area contributed by atoms with Gasteiger partial charge in [0.05, 0.1) is 23.0 Å². The highest BCUT2D eigenvalue weighted by atomic mass is 19.1. The van der Waals surface area contributed by atoms with E-state index >= 15 is 4.39 Å². The van der Waals surface area contributed by atoms with E-state index in [2.05, 4.69) is 11.5 Å². The van der Waals surface area contributed by atoms with Crippen LogP contribution < -0.4 is 0 Å². The molecule has 1 aromatic carbocycles. The van der Waals surface area contributed by atoms with Gasteiger partial charge >= 0.3 is 0 Å². The summed E-state index contributed by atoms with van der Waals surface area (Å²) >= 11 is 0. The number of imidazole rings is 1. The van der Waals surface area contributed by atoms with Gasteiger partial charge in [-0.1, -0.05) is 6.92 Å². The number of benzene rings is 1. The summed E-state index contributed by atoms with van der Waals surface area (Å²) in [5.74, 6) is 1.77. The summed E-state index contributed by atoms with van der Waals surface area (Å²) in [6.07, 6.45) is 3.90. The summed E-state index contributed by atoms with van der Waals surface area (Å²) in [5.41, 5.74) is 3.55. The lowest BCUT2D eigenvalue weighted by atomic mass is 10.0. The number of aliphatic hydroxyl groups excluding tert-OH is 1. The lowest BCUT2D eigenvalue weighted by Gasteiger charge is -2.27. The molecule has 2 aliphatic carbocycles. The molecule has 3 aliphatic rings. The van der Waals surface area contributed by atoms with E-state index in [1.165, 1.54) is 25.3 Å². The molecule has 1 aliphatic heterocycles. The van der Waals surface area contributed by atoms with E-state index in [1.807, 2.05) is 30.1 Å². The number of amides is 1. The summed E-state index contributed by atoms with van der Waals surface area (Å²) in [7, 11) is 1.82. The third kappa shape index (κ3) is 3.52. The van der Waals surface area contributed by atoms with Gasteiger partial charge in [-0.2, -0.15) is 0 Å². The average molecular weight is 502 g/mol. The molecule has 1 amide bonds. The summed E-state index contributed by atoms with van der Waals surface area (Å²) < 4.78 is 19.5. The minimum atomic E-state index is -0.660. The molecule has 2 saturated carbocycles. The molecule has 3 fully saturated rings. The minimum absolute atomic E-state index is 0.0928. The van der Waals surface area contributed by atoms with Crippen LogP contribution in [-0.4, -0.2) is 47.6 Å². The van der Waals surface area contributed by atoms with Crippen LogP contribution >= 0.6 is 0 Å². The Balaban J connectivity index is 1.33. The van der Waals surface area contributed by atoms with Crippen LogP contribution in [-0.2, 0) is 13.6 Å². The topological polar surface area (TPSA) is 76.2 Å². The minimum Gasteiger partial charge on any atom is -0.387 e. The number of nitrogens with zero attached hydrogens (tertiary/aromatic N) is 5. The highest BCUT2D eigenvalue weighted by Gasteiger charge is 2.46. The Hall–Kier alpha value is -3.26. The molecule has 0 radical (unpaired) electrons. The number of carbonyl (C=O) groups excluding carboxylic acids is 1. The van der Waals surface area contributed by atoms with Crippen molar-refractivity contribution in [1.29, 1.82) is 0 Å². The molecule has 4 aromatic rings. The van der Waals surface area contributed by atoms with Gasteiger partial charge in [-0.3, -0.25) is 4.79 Å². The molecule has 8 heteroatoms. The zero-order valence-corrected chi connectivity index (χ0v) is 21.5. The average Bonchev–Trinajstić information content (AvgIpc) is 3.27. The highest BCUT2D eigenvalue weighted by Crippen LogP contribution is 2.43. The van der Waals surface area contributed by atoms with Crippen molar-refractivity contribution in [2.75, 3.05) is 6.54 Å². The van der Waals surface area contributed by atoms with E-state index in [1.54, 1.807) is 17.6 Å². The quantitative estimate of drug-likeness (QED) is 0.415. The lowest BCUT2D eigenvalue weighted by Crippen LogP contribution is -2.38. The monoisotopic (exact) mass is 501 g/mol. The van der Waals surface area contributed by atoms with Crippen molar-refractivity contribution < 1.29 is 14.3 Å². The summed E-state index contributed by atoms with van der Waals surface area (Å²) in [4.78, 5) is 25.0. The van der Waals surface area contributed by atoms with Crippen molar-refractivity contribution in [1.82, 2.24) is 24.0 Å². The largest absolute Gasteiger partial charge is 0.387 e. The van der Waals surface area contributed by atoms with Gasteiger partial charge in [0.1, 0.15) is 17.0 Å². The molecule has 2 bridgehead atoms. The van der Waals surface area contributed by atoms with Gasteiger partial charge in [0.15, 0.2) is 5.82 Å². The molecule has 0 spiro atoms. The predicted molar refractivity (Wildman–Crippen MR) is 139 cm³/mol. The number of fused-ring (bicyclic) bond motifs is 4. The fourth-order valence-electron chi connectivity index (χ4n) is 6.66. The fourth-order valence-corrected chi connectivity index (χ4v) is 6.66. The van der Waals surface area contributed by atoms with Crippen molar-refractivity contribution in [3.8, 4) is 11.5 Å². The normalized spacial score (nSPS) is 24.0. The van der Waals surface area contributed by atoms with E-state index in [0.717, 1.165) is 36.2 Å². The maximum atomic E-state index is 15.5. The van der Waals surface area contributed by atoms with Crippen molar-refractivity contribution in [3.63, 3.8) is 0 Å². The van der Waals surface area contributed by atoms with Crippen molar-refractivity contribution >= 4 is 28.0 Å². The second-order valence-electron chi connectivity index (χ2n) is 11.5. The summed E-state index contributed by atoms with van der Waals surface area (Å²) in [6, 6.07) is 9.25. The number of hydrogen-bond donors (Lipinski definition) is 1. The van der Waals surface area contributed by atoms with Crippen molar-refractivity contribution in [3.05, 3.63) is 47.4 Å². The zero-order valence-electron chi connectivity index (χ0n) is 21.5. The van der Waals surface area contributed by atoms with Crippen LogP contribution in [0.3, 0.4) is 0 Å². The second kappa shape index (κ2) is 8.12. The van der Waals surface area contributed by atoms with Gasteiger partial charge in [-0.15, -0.1) is 0 Å². The van der Waals surface area contributed by atoms with Gasteiger partial charge < -0.3 is 19.1 Å². The molecular weight excluding hydrogens is 469 g/mol. The van der Waals surface area contributed by atoms with Gasteiger partial charge in [0, 0.05) is 37.1 Å². The molecule has 3 unspecified atom stereocenters. The Morgan fingerprint density at radius 2 is 1.97 bits per heavy atom. The summed E-state index contributed by atoms with van der Waals surface area (Å²) in [6.45, 7) is 5.51. The Kier molecular flexibility index (Phi) is 5.02. The van der Waals surface area contributed by atoms with E-state index in [9.17, 15) is 9.90 Å². The Morgan fingerprint density at radius 3 is 2.65 bits per heavy atom. The number of rotatable bonds is 5. The molecule has 37 heavy (non-hydrogen) atoms. The van der Waals surface area contributed by atoms with Crippen LogP contribution in [0.1, 0.15) is 61.7 Å². The fraction of sp³-hybridized carbons (Fsp3) is 0.483. The third-order valence-corrected chi connectivity index (χ3v) is 9.01. The first kappa shape index (κ1) is 22.9. The third-order valence-electron chi connectivity index (χ3n) is 9.01. The van der Waals surface area contributed by atoms with E-state index in [4.69, 9.17) is 9.97 Å². The van der Waals surface area contributed by atoms with Gasteiger partial charge in [0.2, 0.25) is 0 Å². The number of halogens is 1. The van der Waals surface area contributed by atoms with Crippen molar-refractivity contribution in [2.45, 2.75) is 58.2 Å². The van der Waals surface area contributed by atoms with Crippen LogP contribution in [0.15, 0.2) is 30.3 Å². The van der Waals surface area contributed by atoms with E-state index in [0.29, 0.717) is 45.9 Å². The number of aromatic nitrogens is 4. The number of hydrogen-bond acceptors (Lipinski definition) is 4. The van der Waals surface area contributed by atoms with Crippen molar-refractivity contribution in [2.24, 2.45) is 24.8 Å². The lowest BCUT2D eigenvalue weighted by molar-refractivity contribution is 0.0695. The first-order valence-corrected chi connectivity index (χ1v) is 13.5. The van der Waals surface area contributed by atoms with Gasteiger partial charge in [-0.05, 0) is 80.7 Å². The molecule has 192 valence electrons. The molecule has 4 heterocycles. The first-order chi connectivity index (χ1) is 17.8. The Labute approximate surface area is 214 Å². The molecule has 1 saturated heterocycles. The van der Waals surface area contributed by atoms with Crippen LogP contribution in [0.4, 0.5) is 4.39 Å². The first-order valence-electron chi connectivity index (χ1n) is 13.5. The molecule has 7 rings (SSSR count). The molecular formula is C29H32FN5O2. The van der Waals surface area contributed by atoms with E-state index < -0.39 is 11.9 Å². The SMILES string of the molecule is CC(O)c1ccc2cc(-c3nc4cc(C(=O)N5CC6CCC5[C@@H]6C)cc(F)c4n3C)n(CC3CC3)c2n1. The predicted octanol–water partition coefficient (Wildman–Crippen LogP) is 5.06. The second-order valence-corrected chi connectivity index (χ2v) is 11.5. The zero-order chi connectivity index (χ0) is 25.6.